The van der Waals surface area contributed by atoms with E-state index in [0.29, 0.717) is 0 Å². The molecule has 22 heavy (non-hydrogen) atoms. The van der Waals surface area contributed by atoms with E-state index >= 15 is 0 Å². The van der Waals surface area contributed by atoms with Gasteiger partial charge in [-0.3, -0.25) is 4.79 Å². The molecule has 2 aromatic rings. The summed E-state index contributed by atoms with van der Waals surface area (Å²) in [6.07, 6.45) is 1.97. The van der Waals surface area contributed by atoms with Crippen molar-refractivity contribution >= 4 is 17.2 Å². The first-order valence-electron chi connectivity index (χ1n) is 7.31. The third-order valence-electron chi connectivity index (χ3n) is 4.05. The van der Waals surface area contributed by atoms with Crippen molar-refractivity contribution in [1.29, 1.82) is 0 Å². The van der Waals surface area contributed by atoms with Crippen LogP contribution in [0.15, 0.2) is 35.7 Å². The van der Waals surface area contributed by atoms with E-state index in [4.69, 9.17) is 9.47 Å². The lowest BCUT2D eigenvalue weighted by Gasteiger charge is -2.26. The van der Waals surface area contributed by atoms with Crippen LogP contribution in [-0.2, 0) is 0 Å². The topological polar surface area (TPSA) is 38.8 Å². The van der Waals surface area contributed by atoms with Crippen molar-refractivity contribution in [2.24, 2.45) is 0 Å². The van der Waals surface area contributed by atoms with E-state index in [-0.39, 0.29) is 11.9 Å². The second-order valence-corrected chi connectivity index (χ2v) is 6.19. The number of carbonyl (C=O) groups is 1. The molecule has 1 amide bonds. The number of ether oxygens (including phenoxy) is 2. The number of thiophene rings is 1. The van der Waals surface area contributed by atoms with Crippen molar-refractivity contribution in [3.8, 4) is 11.5 Å². The fraction of sp³-hybridized carbons (Fsp3) is 0.353. The van der Waals surface area contributed by atoms with Gasteiger partial charge in [0.2, 0.25) is 0 Å². The average molecular weight is 317 g/mol. The molecule has 1 aromatic heterocycles. The van der Waals surface area contributed by atoms with E-state index in [0.717, 1.165) is 41.3 Å². The molecule has 0 bridgehead atoms. The quantitative estimate of drug-likeness (QED) is 0.862. The maximum Gasteiger partial charge on any atom is 0.264 e. The lowest BCUT2D eigenvalue weighted by Crippen LogP contribution is -2.30. The number of methoxy groups -OCH3 is 2. The summed E-state index contributed by atoms with van der Waals surface area (Å²) in [5.41, 5.74) is 1.05. The van der Waals surface area contributed by atoms with Crippen LogP contribution in [0.3, 0.4) is 0 Å². The monoisotopic (exact) mass is 317 g/mol. The number of benzene rings is 1. The molecule has 5 heteroatoms. The zero-order valence-electron chi connectivity index (χ0n) is 12.7. The highest BCUT2D eigenvalue weighted by Crippen LogP contribution is 2.39. The molecule has 2 heterocycles. The molecule has 1 unspecified atom stereocenters. The summed E-state index contributed by atoms with van der Waals surface area (Å²) < 4.78 is 10.8. The van der Waals surface area contributed by atoms with E-state index < -0.39 is 0 Å². The Hall–Kier alpha value is -2.01. The maximum absolute atomic E-state index is 12.7. The zero-order valence-corrected chi connectivity index (χ0v) is 13.6. The Morgan fingerprint density at radius 2 is 2.14 bits per heavy atom. The molecule has 1 aliphatic heterocycles. The Morgan fingerprint density at radius 1 is 1.27 bits per heavy atom. The lowest BCUT2D eigenvalue weighted by atomic mass is 10.0. The third kappa shape index (κ3) is 2.68. The highest BCUT2D eigenvalue weighted by atomic mass is 32.1. The van der Waals surface area contributed by atoms with Gasteiger partial charge >= 0.3 is 0 Å². The van der Waals surface area contributed by atoms with Crippen LogP contribution in [0.25, 0.3) is 0 Å². The van der Waals surface area contributed by atoms with Crippen molar-refractivity contribution in [2.75, 3.05) is 20.8 Å². The first-order chi connectivity index (χ1) is 10.7. The van der Waals surface area contributed by atoms with Crippen LogP contribution in [0.2, 0.25) is 0 Å². The van der Waals surface area contributed by atoms with Gasteiger partial charge in [0, 0.05) is 18.2 Å². The van der Waals surface area contributed by atoms with E-state index in [1.54, 1.807) is 14.2 Å². The number of amides is 1. The summed E-state index contributed by atoms with van der Waals surface area (Å²) in [7, 11) is 3.29. The SMILES string of the molecule is COc1ccc(C2CCCN2C(=O)c2cccs2)c(OC)c1. The molecule has 1 atom stereocenters. The van der Waals surface area contributed by atoms with E-state index in [2.05, 4.69) is 0 Å². The summed E-state index contributed by atoms with van der Waals surface area (Å²) in [6, 6.07) is 9.66. The standard InChI is InChI=1S/C17H19NO3S/c1-20-12-7-8-13(15(11-12)21-2)14-5-3-9-18(14)17(19)16-6-4-10-22-16/h4,6-8,10-11,14H,3,5,9H2,1-2H3. The third-order valence-corrected chi connectivity index (χ3v) is 4.90. The first kappa shape index (κ1) is 14.9. The van der Waals surface area contributed by atoms with Gasteiger partial charge in [-0.2, -0.15) is 0 Å². The summed E-state index contributed by atoms with van der Waals surface area (Å²) in [5, 5.41) is 1.94. The normalized spacial score (nSPS) is 17.5. The molecule has 116 valence electrons. The Kier molecular flexibility index (Phi) is 4.34. The number of hydrogen-bond donors (Lipinski definition) is 0. The van der Waals surface area contributed by atoms with Crippen LogP contribution in [0, 0.1) is 0 Å². The minimum absolute atomic E-state index is 0.0652. The van der Waals surface area contributed by atoms with Crippen molar-refractivity contribution in [3.63, 3.8) is 0 Å². The number of nitrogens with zero attached hydrogens (tertiary/aromatic N) is 1. The molecule has 0 radical (unpaired) electrons. The van der Waals surface area contributed by atoms with Gasteiger partial charge in [0.15, 0.2) is 0 Å². The fourth-order valence-electron chi connectivity index (χ4n) is 2.97. The van der Waals surface area contributed by atoms with E-state index in [1.165, 1.54) is 11.3 Å². The van der Waals surface area contributed by atoms with Gasteiger partial charge in [0.25, 0.3) is 5.91 Å². The molecular weight excluding hydrogens is 298 g/mol. The lowest BCUT2D eigenvalue weighted by molar-refractivity contribution is 0.0739. The molecule has 0 N–H and O–H groups in total. The molecule has 1 aromatic carbocycles. The van der Waals surface area contributed by atoms with Gasteiger partial charge in [-0.05, 0) is 36.4 Å². The van der Waals surface area contributed by atoms with Crippen LogP contribution < -0.4 is 9.47 Å². The molecule has 1 aliphatic rings. The average Bonchev–Trinajstić information content (AvgIpc) is 3.24. The first-order valence-corrected chi connectivity index (χ1v) is 8.19. The Balaban J connectivity index is 1.91. The van der Waals surface area contributed by atoms with Crippen molar-refractivity contribution in [3.05, 3.63) is 46.2 Å². The van der Waals surface area contributed by atoms with Crippen LogP contribution in [0.4, 0.5) is 0 Å². The maximum atomic E-state index is 12.7. The van der Waals surface area contributed by atoms with Crippen LogP contribution in [0.5, 0.6) is 11.5 Å². The minimum Gasteiger partial charge on any atom is -0.497 e. The largest absolute Gasteiger partial charge is 0.497 e. The zero-order chi connectivity index (χ0) is 15.5. The Morgan fingerprint density at radius 3 is 2.82 bits per heavy atom. The van der Waals surface area contributed by atoms with Gasteiger partial charge in [0.05, 0.1) is 25.1 Å². The van der Waals surface area contributed by atoms with E-state index in [9.17, 15) is 4.79 Å². The summed E-state index contributed by atoms with van der Waals surface area (Å²) in [5.74, 6) is 1.64. The van der Waals surface area contributed by atoms with Crippen molar-refractivity contribution < 1.29 is 14.3 Å². The second-order valence-electron chi connectivity index (χ2n) is 5.24. The smallest absolute Gasteiger partial charge is 0.264 e. The number of hydrogen-bond acceptors (Lipinski definition) is 4. The molecule has 0 aliphatic carbocycles. The van der Waals surface area contributed by atoms with Gasteiger partial charge < -0.3 is 14.4 Å². The van der Waals surface area contributed by atoms with Crippen LogP contribution >= 0.6 is 11.3 Å². The highest BCUT2D eigenvalue weighted by molar-refractivity contribution is 7.12. The molecular formula is C17H19NO3S. The van der Waals surface area contributed by atoms with Gasteiger partial charge in [-0.1, -0.05) is 6.07 Å². The summed E-state index contributed by atoms with van der Waals surface area (Å²) in [6.45, 7) is 0.788. The van der Waals surface area contributed by atoms with Crippen molar-refractivity contribution in [1.82, 2.24) is 4.90 Å². The molecule has 1 fully saturated rings. The number of rotatable bonds is 4. The second kappa shape index (κ2) is 6.40. The van der Waals surface area contributed by atoms with Gasteiger partial charge in [0.1, 0.15) is 11.5 Å². The minimum atomic E-state index is 0.0652. The Labute approximate surface area is 134 Å². The number of carbonyl (C=O) groups excluding carboxylic acids is 1. The summed E-state index contributed by atoms with van der Waals surface area (Å²) >= 11 is 1.49. The number of likely N-dealkylation sites (tertiary alicyclic amines) is 1. The predicted molar refractivity (Wildman–Crippen MR) is 86.9 cm³/mol. The predicted octanol–water partition coefficient (Wildman–Crippen LogP) is 3.74. The van der Waals surface area contributed by atoms with Crippen molar-refractivity contribution in [2.45, 2.75) is 18.9 Å². The van der Waals surface area contributed by atoms with Crippen LogP contribution in [0.1, 0.15) is 34.1 Å². The molecule has 3 rings (SSSR count). The fourth-order valence-corrected chi connectivity index (χ4v) is 3.65. The highest BCUT2D eigenvalue weighted by Gasteiger charge is 2.32. The molecule has 0 saturated carbocycles. The molecule has 4 nitrogen and oxygen atoms in total. The van der Waals surface area contributed by atoms with E-state index in [1.807, 2.05) is 40.6 Å². The van der Waals surface area contributed by atoms with Gasteiger partial charge in [-0.15, -0.1) is 11.3 Å². The molecule has 0 spiro atoms. The van der Waals surface area contributed by atoms with Crippen LogP contribution in [-0.4, -0.2) is 31.6 Å². The molecule has 1 saturated heterocycles. The summed E-state index contributed by atoms with van der Waals surface area (Å²) in [4.78, 5) is 15.4. The van der Waals surface area contributed by atoms with Gasteiger partial charge in [-0.25, -0.2) is 0 Å². The Bertz CT molecular complexity index is 654.